The van der Waals surface area contributed by atoms with Gasteiger partial charge in [-0.25, -0.2) is 0 Å². The number of carbonyl (C=O) groups is 1. The highest BCUT2D eigenvalue weighted by molar-refractivity contribution is 5.75. The molecule has 0 aliphatic heterocycles. The van der Waals surface area contributed by atoms with Crippen molar-refractivity contribution in [1.82, 2.24) is 9.78 Å². The van der Waals surface area contributed by atoms with Crippen LogP contribution in [0.25, 0.3) is 0 Å². The Morgan fingerprint density at radius 3 is 3.00 bits per heavy atom. The SMILES string of the molecule is CCn1cc(COc2ccccc2NC=O)cn1. The van der Waals surface area contributed by atoms with E-state index in [-0.39, 0.29) is 0 Å². The van der Waals surface area contributed by atoms with Crippen molar-refractivity contribution >= 4 is 12.1 Å². The summed E-state index contributed by atoms with van der Waals surface area (Å²) in [7, 11) is 0. The third-order valence-corrected chi connectivity index (χ3v) is 2.51. The minimum absolute atomic E-state index is 0.428. The monoisotopic (exact) mass is 245 g/mol. The molecule has 0 aliphatic carbocycles. The minimum atomic E-state index is 0.428. The van der Waals surface area contributed by atoms with Crippen LogP contribution in [0.1, 0.15) is 12.5 Å². The number of amides is 1. The Hall–Kier alpha value is -2.30. The first-order valence-electron chi connectivity index (χ1n) is 5.77. The molecule has 0 atom stereocenters. The number of nitrogens with one attached hydrogen (secondary N) is 1. The van der Waals surface area contributed by atoms with Crippen molar-refractivity contribution in [3.8, 4) is 5.75 Å². The summed E-state index contributed by atoms with van der Waals surface area (Å²) in [5, 5.41) is 6.77. The molecule has 2 aromatic rings. The molecule has 5 nitrogen and oxygen atoms in total. The highest BCUT2D eigenvalue weighted by atomic mass is 16.5. The van der Waals surface area contributed by atoms with E-state index in [4.69, 9.17) is 4.74 Å². The van der Waals surface area contributed by atoms with E-state index < -0.39 is 0 Å². The molecule has 0 saturated carbocycles. The first-order chi connectivity index (χ1) is 8.83. The van der Waals surface area contributed by atoms with Gasteiger partial charge in [0.05, 0.1) is 11.9 Å². The van der Waals surface area contributed by atoms with Crippen LogP contribution in [0.4, 0.5) is 5.69 Å². The lowest BCUT2D eigenvalue weighted by molar-refractivity contribution is -0.105. The minimum Gasteiger partial charge on any atom is -0.487 e. The molecule has 0 aliphatic rings. The van der Waals surface area contributed by atoms with Gasteiger partial charge in [-0.3, -0.25) is 9.48 Å². The number of hydrogen-bond donors (Lipinski definition) is 1. The largest absolute Gasteiger partial charge is 0.487 e. The Kier molecular flexibility index (Phi) is 3.96. The predicted molar refractivity (Wildman–Crippen MR) is 68.4 cm³/mol. The van der Waals surface area contributed by atoms with Gasteiger partial charge in [0.25, 0.3) is 0 Å². The molecule has 0 unspecified atom stereocenters. The number of aryl methyl sites for hydroxylation is 1. The fourth-order valence-electron chi connectivity index (χ4n) is 1.59. The summed E-state index contributed by atoms with van der Waals surface area (Å²) in [5.74, 6) is 0.647. The topological polar surface area (TPSA) is 56.1 Å². The van der Waals surface area contributed by atoms with E-state index in [0.717, 1.165) is 12.1 Å². The van der Waals surface area contributed by atoms with E-state index in [2.05, 4.69) is 10.4 Å². The Labute approximate surface area is 105 Å². The lowest BCUT2D eigenvalue weighted by Crippen LogP contribution is -2.00. The van der Waals surface area contributed by atoms with Gasteiger partial charge in [0.1, 0.15) is 12.4 Å². The number of anilines is 1. The molecule has 1 amide bonds. The van der Waals surface area contributed by atoms with Gasteiger partial charge >= 0.3 is 0 Å². The molecule has 0 fully saturated rings. The number of aromatic nitrogens is 2. The van der Waals surface area contributed by atoms with Crippen LogP contribution in [0.5, 0.6) is 5.75 Å². The number of hydrogen-bond acceptors (Lipinski definition) is 3. The van der Waals surface area contributed by atoms with Crippen LogP contribution >= 0.6 is 0 Å². The maximum atomic E-state index is 10.5. The van der Waals surface area contributed by atoms with Crippen LogP contribution in [-0.2, 0) is 17.9 Å². The zero-order valence-corrected chi connectivity index (χ0v) is 10.2. The zero-order chi connectivity index (χ0) is 12.8. The Bertz CT molecular complexity index is 522. The number of para-hydroxylation sites is 2. The fraction of sp³-hybridized carbons (Fsp3) is 0.231. The molecular formula is C13H15N3O2. The summed E-state index contributed by atoms with van der Waals surface area (Å²) in [5.41, 5.74) is 1.66. The van der Waals surface area contributed by atoms with E-state index in [1.54, 1.807) is 12.3 Å². The van der Waals surface area contributed by atoms with Crippen molar-refractivity contribution in [3.05, 3.63) is 42.2 Å². The van der Waals surface area contributed by atoms with Crippen molar-refractivity contribution in [2.24, 2.45) is 0 Å². The molecule has 1 N–H and O–H groups in total. The normalized spacial score (nSPS) is 10.1. The first kappa shape index (κ1) is 12.2. The van der Waals surface area contributed by atoms with Gasteiger partial charge in [-0.05, 0) is 19.1 Å². The summed E-state index contributed by atoms with van der Waals surface area (Å²) < 4.78 is 7.50. The maximum absolute atomic E-state index is 10.5. The molecule has 18 heavy (non-hydrogen) atoms. The van der Waals surface area contributed by atoms with Crippen LogP contribution in [0, 0.1) is 0 Å². The highest BCUT2D eigenvalue weighted by Gasteiger charge is 2.03. The van der Waals surface area contributed by atoms with E-state index in [1.807, 2.05) is 36.0 Å². The number of rotatable bonds is 6. The van der Waals surface area contributed by atoms with Gasteiger partial charge in [-0.1, -0.05) is 12.1 Å². The molecule has 5 heteroatoms. The molecule has 0 radical (unpaired) electrons. The molecule has 0 bridgehead atoms. The Morgan fingerprint density at radius 2 is 2.28 bits per heavy atom. The molecule has 1 aromatic heterocycles. The van der Waals surface area contributed by atoms with Crippen LogP contribution in [0.3, 0.4) is 0 Å². The molecule has 0 saturated heterocycles. The average Bonchev–Trinajstić information content (AvgIpc) is 2.86. The summed E-state index contributed by atoms with van der Waals surface area (Å²) in [6, 6.07) is 7.31. The van der Waals surface area contributed by atoms with E-state index in [1.165, 1.54) is 0 Å². The van der Waals surface area contributed by atoms with Gasteiger partial charge in [-0.2, -0.15) is 5.10 Å². The molecule has 2 rings (SSSR count). The van der Waals surface area contributed by atoms with Crippen LogP contribution in [0.2, 0.25) is 0 Å². The number of benzene rings is 1. The maximum Gasteiger partial charge on any atom is 0.211 e. The fourth-order valence-corrected chi connectivity index (χ4v) is 1.59. The molecular weight excluding hydrogens is 230 g/mol. The van der Waals surface area contributed by atoms with Gasteiger partial charge in [0, 0.05) is 18.3 Å². The van der Waals surface area contributed by atoms with Crippen molar-refractivity contribution in [2.75, 3.05) is 5.32 Å². The second-order valence-corrected chi connectivity index (χ2v) is 3.75. The van der Waals surface area contributed by atoms with Gasteiger partial charge < -0.3 is 10.1 Å². The summed E-state index contributed by atoms with van der Waals surface area (Å²) >= 11 is 0. The summed E-state index contributed by atoms with van der Waals surface area (Å²) in [4.78, 5) is 10.5. The third-order valence-electron chi connectivity index (χ3n) is 2.51. The van der Waals surface area contributed by atoms with Gasteiger partial charge in [-0.15, -0.1) is 0 Å². The van der Waals surface area contributed by atoms with Crippen molar-refractivity contribution in [3.63, 3.8) is 0 Å². The third kappa shape index (κ3) is 2.88. The Morgan fingerprint density at radius 1 is 1.44 bits per heavy atom. The molecule has 94 valence electrons. The van der Waals surface area contributed by atoms with Crippen LogP contribution < -0.4 is 10.1 Å². The molecule has 0 spiro atoms. The number of nitrogens with zero attached hydrogens (tertiary/aromatic N) is 2. The smallest absolute Gasteiger partial charge is 0.211 e. The number of carbonyl (C=O) groups excluding carboxylic acids is 1. The lowest BCUT2D eigenvalue weighted by atomic mass is 10.3. The van der Waals surface area contributed by atoms with Crippen molar-refractivity contribution in [2.45, 2.75) is 20.1 Å². The molecule has 1 aromatic carbocycles. The quantitative estimate of drug-likeness (QED) is 0.792. The van der Waals surface area contributed by atoms with E-state index in [9.17, 15) is 4.79 Å². The average molecular weight is 245 g/mol. The first-order valence-corrected chi connectivity index (χ1v) is 5.77. The molecule has 1 heterocycles. The summed E-state index contributed by atoms with van der Waals surface area (Å²) in [6.45, 7) is 3.29. The van der Waals surface area contributed by atoms with Crippen LogP contribution in [0.15, 0.2) is 36.7 Å². The van der Waals surface area contributed by atoms with E-state index in [0.29, 0.717) is 24.5 Å². The van der Waals surface area contributed by atoms with Gasteiger partial charge in [0.15, 0.2) is 0 Å². The second-order valence-electron chi connectivity index (χ2n) is 3.75. The van der Waals surface area contributed by atoms with Crippen LogP contribution in [-0.4, -0.2) is 16.2 Å². The predicted octanol–water partition coefficient (Wildman–Crippen LogP) is 2.05. The van der Waals surface area contributed by atoms with Gasteiger partial charge in [0.2, 0.25) is 6.41 Å². The van der Waals surface area contributed by atoms with E-state index >= 15 is 0 Å². The van der Waals surface area contributed by atoms with Crippen molar-refractivity contribution in [1.29, 1.82) is 0 Å². The number of ether oxygens (including phenoxy) is 1. The highest BCUT2D eigenvalue weighted by Crippen LogP contribution is 2.23. The second kappa shape index (κ2) is 5.86. The Balaban J connectivity index is 2.03. The lowest BCUT2D eigenvalue weighted by Gasteiger charge is -2.09. The zero-order valence-electron chi connectivity index (χ0n) is 10.2. The van der Waals surface area contributed by atoms with Crippen molar-refractivity contribution < 1.29 is 9.53 Å². The standard InChI is InChI=1S/C13H15N3O2/c1-2-16-8-11(7-15-16)9-18-13-6-4-3-5-12(13)14-10-17/h3-8,10H,2,9H2,1H3,(H,14,17). The summed E-state index contributed by atoms with van der Waals surface area (Å²) in [6.07, 6.45) is 4.35.